The van der Waals surface area contributed by atoms with Crippen molar-refractivity contribution in [3.63, 3.8) is 0 Å². The van der Waals surface area contributed by atoms with Crippen LogP contribution in [-0.4, -0.2) is 27.3 Å². The van der Waals surface area contributed by atoms with Gasteiger partial charge in [0.1, 0.15) is 5.75 Å². The molecule has 19 heavy (non-hydrogen) atoms. The predicted octanol–water partition coefficient (Wildman–Crippen LogP) is 2.26. The van der Waals surface area contributed by atoms with Gasteiger partial charge in [0.15, 0.2) is 0 Å². The number of phenolic OH excluding ortho intramolecular Hbond substituents is 1. The van der Waals surface area contributed by atoms with E-state index in [9.17, 15) is 14.7 Å². The molecule has 0 saturated heterocycles. The molecule has 0 amide bonds. The van der Waals surface area contributed by atoms with Crippen LogP contribution in [0.1, 0.15) is 0 Å². The molecule has 0 aliphatic heterocycles. The van der Waals surface area contributed by atoms with Crippen LogP contribution in [0.2, 0.25) is 0 Å². The molecule has 0 saturated carbocycles. The Morgan fingerprint density at radius 2 is 1.37 bits per heavy atom. The summed E-state index contributed by atoms with van der Waals surface area (Å²) in [5, 5.41) is 27.0. The molecular weight excluding hydrogens is 248 g/mol. The van der Waals surface area contributed by atoms with Gasteiger partial charge in [-0.1, -0.05) is 36.4 Å². The molecule has 0 aliphatic rings. The van der Waals surface area contributed by atoms with Gasteiger partial charge in [-0.25, -0.2) is 9.59 Å². The highest BCUT2D eigenvalue weighted by atomic mass is 16.4. The van der Waals surface area contributed by atoms with Gasteiger partial charge < -0.3 is 15.3 Å². The summed E-state index contributed by atoms with van der Waals surface area (Å²) < 4.78 is 0. The molecule has 2 aromatic rings. The van der Waals surface area contributed by atoms with Gasteiger partial charge in [-0.3, -0.25) is 0 Å². The molecule has 0 radical (unpaired) electrons. The molecule has 98 valence electrons. The fourth-order valence-corrected chi connectivity index (χ4v) is 1.35. The lowest BCUT2D eigenvalue weighted by molar-refractivity contribution is -0.134. The maximum atomic E-state index is 9.55. The predicted molar refractivity (Wildman–Crippen MR) is 70.0 cm³/mol. The zero-order valence-electron chi connectivity index (χ0n) is 9.85. The molecule has 5 nitrogen and oxygen atoms in total. The molecule has 0 atom stereocenters. The molecule has 0 unspecified atom stereocenters. The van der Waals surface area contributed by atoms with Crippen LogP contribution in [0.5, 0.6) is 5.75 Å². The molecule has 3 N–H and O–H groups in total. The highest BCUT2D eigenvalue weighted by Crippen LogP contribution is 2.22. The van der Waals surface area contributed by atoms with Crippen molar-refractivity contribution in [1.29, 1.82) is 0 Å². The van der Waals surface area contributed by atoms with Gasteiger partial charge in [-0.15, -0.1) is 0 Å². The van der Waals surface area contributed by atoms with Crippen molar-refractivity contribution < 1.29 is 24.9 Å². The first-order valence-corrected chi connectivity index (χ1v) is 5.31. The van der Waals surface area contributed by atoms with Gasteiger partial charge >= 0.3 is 11.9 Å². The molecule has 2 aromatic carbocycles. The van der Waals surface area contributed by atoms with Gasteiger partial charge in [-0.05, 0) is 11.5 Å². The van der Waals surface area contributed by atoms with Crippen molar-refractivity contribution in [3.8, 4) is 5.75 Å². The standard InChI is InChI=1S/C10H8O.C4H4O4/c11-10-7-3-5-8-4-1-2-6-9(8)10;5-3(6)1-2-4(7)8/h1-7,11H;1-2H,(H,5,6)(H,7,8). The minimum Gasteiger partial charge on any atom is -0.507 e. The van der Waals surface area contributed by atoms with Crippen LogP contribution in [0, 0.1) is 0 Å². The summed E-state index contributed by atoms with van der Waals surface area (Å²) in [4.78, 5) is 19.1. The normalized spacial score (nSPS) is 9.89. The topological polar surface area (TPSA) is 94.8 Å². The summed E-state index contributed by atoms with van der Waals surface area (Å²) in [7, 11) is 0. The number of carboxylic acids is 2. The molecule has 0 heterocycles. The Kier molecular flexibility index (Phi) is 5.10. The van der Waals surface area contributed by atoms with E-state index in [1.807, 2.05) is 36.4 Å². The first kappa shape index (κ1) is 14.2. The Balaban J connectivity index is 0.000000203. The van der Waals surface area contributed by atoms with E-state index in [-0.39, 0.29) is 0 Å². The number of benzene rings is 2. The largest absolute Gasteiger partial charge is 0.507 e. The Morgan fingerprint density at radius 3 is 1.89 bits per heavy atom. The van der Waals surface area contributed by atoms with E-state index in [0.717, 1.165) is 10.8 Å². The third-order valence-corrected chi connectivity index (χ3v) is 2.14. The summed E-state index contributed by atoms with van der Waals surface area (Å²) >= 11 is 0. The molecule has 0 fully saturated rings. The third-order valence-electron chi connectivity index (χ3n) is 2.14. The molecule has 0 aliphatic carbocycles. The van der Waals surface area contributed by atoms with Gasteiger partial charge in [0, 0.05) is 17.5 Å². The number of aromatic hydroxyl groups is 1. The second kappa shape index (κ2) is 6.80. The number of carbonyl (C=O) groups is 2. The van der Waals surface area contributed by atoms with Crippen molar-refractivity contribution in [2.45, 2.75) is 0 Å². The average Bonchev–Trinajstić information content (AvgIpc) is 2.38. The van der Waals surface area contributed by atoms with E-state index in [4.69, 9.17) is 10.2 Å². The number of carboxylic acid groups (broad SMARTS) is 2. The zero-order chi connectivity index (χ0) is 14.3. The SMILES string of the molecule is O=C(O)C=CC(=O)O.Oc1cccc2ccccc12. The van der Waals surface area contributed by atoms with E-state index >= 15 is 0 Å². The minimum atomic E-state index is -1.26. The van der Waals surface area contributed by atoms with Crippen LogP contribution in [-0.2, 0) is 9.59 Å². The second-order valence-electron chi connectivity index (χ2n) is 3.51. The molecule has 0 spiro atoms. The van der Waals surface area contributed by atoms with E-state index in [2.05, 4.69) is 0 Å². The summed E-state index contributed by atoms with van der Waals surface area (Å²) in [5.41, 5.74) is 0. The maximum Gasteiger partial charge on any atom is 0.328 e. The van der Waals surface area contributed by atoms with Gasteiger partial charge in [0.25, 0.3) is 0 Å². The molecular formula is C14H12O5. The quantitative estimate of drug-likeness (QED) is 0.720. The highest BCUT2D eigenvalue weighted by Gasteiger charge is 1.94. The summed E-state index contributed by atoms with van der Waals surface area (Å²) in [5.74, 6) is -2.16. The Labute approximate surface area is 109 Å². The third kappa shape index (κ3) is 4.91. The minimum absolute atomic E-state index is 0.350. The number of hydrogen-bond donors (Lipinski definition) is 3. The Bertz CT molecular complexity index is 595. The lowest BCUT2D eigenvalue weighted by Gasteiger charge is -1.97. The summed E-state index contributed by atoms with van der Waals surface area (Å²) in [6.45, 7) is 0. The lowest BCUT2D eigenvalue weighted by Crippen LogP contribution is -1.91. The lowest BCUT2D eigenvalue weighted by atomic mass is 10.1. The number of phenols is 1. The van der Waals surface area contributed by atoms with Crippen LogP contribution < -0.4 is 0 Å². The molecule has 5 heteroatoms. The number of hydrogen-bond acceptors (Lipinski definition) is 3. The van der Waals surface area contributed by atoms with Crippen molar-refractivity contribution in [3.05, 3.63) is 54.6 Å². The summed E-state index contributed by atoms with van der Waals surface area (Å²) in [6, 6.07) is 13.3. The van der Waals surface area contributed by atoms with E-state index in [0.29, 0.717) is 17.9 Å². The smallest absolute Gasteiger partial charge is 0.328 e. The first-order chi connectivity index (χ1) is 9.00. The maximum absolute atomic E-state index is 9.55. The van der Waals surface area contributed by atoms with Gasteiger partial charge in [-0.2, -0.15) is 0 Å². The molecule has 0 bridgehead atoms. The van der Waals surface area contributed by atoms with Gasteiger partial charge in [0.05, 0.1) is 0 Å². The number of rotatable bonds is 2. The van der Waals surface area contributed by atoms with Crippen molar-refractivity contribution in [1.82, 2.24) is 0 Å². The second-order valence-corrected chi connectivity index (χ2v) is 3.51. The Morgan fingerprint density at radius 1 is 0.842 bits per heavy atom. The highest BCUT2D eigenvalue weighted by molar-refractivity contribution is 5.89. The van der Waals surface area contributed by atoms with Crippen molar-refractivity contribution in [2.75, 3.05) is 0 Å². The van der Waals surface area contributed by atoms with Crippen molar-refractivity contribution in [2.24, 2.45) is 0 Å². The van der Waals surface area contributed by atoms with Crippen LogP contribution >= 0.6 is 0 Å². The first-order valence-electron chi connectivity index (χ1n) is 5.31. The molecule has 0 aromatic heterocycles. The summed E-state index contributed by atoms with van der Waals surface area (Å²) in [6.07, 6.45) is 1.12. The fourth-order valence-electron chi connectivity index (χ4n) is 1.35. The van der Waals surface area contributed by atoms with E-state index in [1.165, 1.54) is 0 Å². The number of fused-ring (bicyclic) bond motifs is 1. The van der Waals surface area contributed by atoms with Crippen molar-refractivity contribution >= 4 is 22.7 Å². The Hall–Kier alpha value is -2.82. The van der Waals surface area contributed by atoms with E-state index in [1.54, 1.807) is 6.07 Å². The van der Waals surface area contributed by atoms with Crippen LogP contribution in [0.15, 0.2) is 54.6 Å². The van der Waals surface area contributed by atoms with Crippen LogP contribution in [0.3, 0.4) is 0 Å². The average molecular weight is 260 g/mol. The fraction of sp³-hybridized carbons (Fsp3) is 0. The number of aliphatic carboxylic acids is 2. The zero-order valence-corrected chi connectivity index (χ0v) is 9.85. The molecule has 2 rings (SSSR count). The van der Waals surface area contributed by atoms with Crippen LogP contribution in [0.4, 0.5) is 0 Å². The van der Waals surface area contributed by atoms with Gasteiger partial charge in [0.2, 0.25) is 0 Å². The van der Waals surface area contributed by atoms with Crippen LogP contribution in [0.25, 0.3) is 10.8 Å². The van der Waals surface area contributed by atoms with E-state index < -0.39 is 11.9 Å². The monoisotopic (exact) mass is 260 g/mol.